The largest absolute Gasteiger partial charge is 0.387 e. The van der Waals surface area contributed by atoms with Crippen molar-refractivity contribution in [2.75, 3.05) is 15.4 Å². The van der Waals surface area contributed by atoms with Gasteiger partial charge in [0.2, 0.25) is 5.91 Å². The third kappa shape index (κ3) is 3.72. The molecule has 9 heteroatoms. The fourth-order valence-corrected chi connectivity index (χ4v) is 7.63. The van der Waals surface area contributed by atoms with E-state index in [1.165, 1.54) is 0 Å². The van der Waals surface area contributed by atoms with Gasteiger partial charge in [0, 0.05) is 17.1 Å². The third-order valence-corrected chi connectivity index (χ3v) is 10.6. The van der Waals surface area contributed by atoms with Gasteiger partial charge in [0.15, 0.2) is 0 Å². The molecular weight excluding hydrogens is 486 g/mol. The van der Waals surface area contributed by atoms with E-state index in [4.69, 9.17) is 11.6 Å². The number of carbonyl (C=O) groups is 1. The second-order valence-corrected chi connectivity index (χ2v) is 13.2. The molecular formula is C26H32ClN3O4S. The number of anilines is 3. The number of carbonyl (C=O) groups excluding carboxylic acids is 1. The van der Waals surface area contributed by atoms with Crippen molar-refractivity contribution in [3.63, 3.8) is 0 Å². The number of aryl methyl sites for hydroxylation is 2. The molecule has 1 aliphatic heterocycles. The summed E-state index contributed by atoms with van der Waals surface area (Å²) in [5.74, 6) is 0.346. The van der Waals surface area contributed by atoms with Crippen molar-refractivity contribution in [1.82, 2.24) is 0 Å². The molecule has 3 saturated carbocycles. The highest BCUT2D eigenvalue weighted by molar-refractivity contribution is 7.92. The Balaban J connectivity index is 1.58. The monoisotopic (exact) mass is 517 g/mol. The molecule has 0 saturated heterocycles. The highest BCUT2D eigenvalue weighted by Gasteiger charge is 2.70. The van der Waals surface area contributed by atoms with Gasteiger partial charge in [0.1, 0.15) is 4.90 Å². The van der Waals surface area contributed by atoms with E-state index >= 15 is 0 Å². The van der Waals surface area contributed by atoms with Crippen molar-refractivity contribution in [2.24, 2.45) is 11.3 Å². The molecule has 0 aromatic heterocycles. The first-order valence-electron chi connectivity index (χ1n) is 12.0. The van der Waals surface area contributed by atoms with Crippen LogP contribution in [0.2, 0.25) is 5.02 Å². The van der Waals surface area contributed by atoms with Crippen LogP contribution in [0.1, 0.15) is 57.6 Å². The molecule has 0 spiro atoms. The Hall–Kier alpha value is -2.29. The van der Waals surface area contributed by atoms with Crippen LogP contribution in [0.4, 0.5) is 17.1 Å². The zero-order chi connectivity index (χ0) is 25.4. The van der Waals surface area contributed by atoms with Crippen LogP contribution in [0, 0.1) is 18.3 Å². The Kier molecular flexibility index (Phi) is 5.48. The number of hydrogen-bond acceptors (Lipinski definition) is 5. The molecule has 4 N–H and O–H groups in total. The van der Waals surface area contributed by atoms with Gasteiger partial charge < -0.3 is 15.7 Å². The summed E-state index contributed by atoms with van der Waals surface area (Å²) in [5, 5.41) is 18.5. The van der Waals surface area contributed by atoms with Crippen molar-refractivity contribution < 1.29 is 18.3 Å². The molecule has 3 atom stereocenters. The lowest BCUT2D eigenvalue weighted by atomic mass is 9.40. The van der Waals surface area contributed by atoms with Gasteiger partial charge in [0.25, 0.3) is 10.0 Å². The van der Waals surface area contributed by atoms with Crippen molar-refractivity contribution in [3.8, 4) is 0 Å². The summed E-state index contributed by atoms with van der Waals surface area (Å²) in [4.78, 5) is 12.1. The zero-order valence-electron chi connectivity index (χ0n) is 20.5. The van der Waals surface area contributed by atoms with Crippen molar-refractivity contribution in [2.45, 2.75) is 75.8 Å². The van der Waals surface area contributed by atoms with Gasteiger partial charge >= 0.3 is 0 Å². The molecule has 2 aromatic rings. The highest BCUT2D eigenvalue weighted by atomic mass is 35.5. The Bertz CT molecular complexity index is 1340. The van der Waals surface area contributed by atoms with E-state index in [9.17, 15) is 18.3 Å². The quantitative estimate of drug-likeness (QED) is 0.442. The normalized spacial score (nSPS) is 29.0. The number of hydrogen-bond donors (Lipinski definition) is 4. The SMILES string of the molecule is Cc1ccc(NS(=O)(=O)c2cc3c(cc2NC2(C)CCC4CC2(O)C4(C)C)NC(=O)CC3)cc1Cl. The van der Waals surface area contributed by atoms with Crippen LogP contribution < -0.4 is 15.4 Å². The summed E-state index contributed by atoms with van der Waals surface area (Å²) in [6.07, 6.45) is 3.08. The van der Waals surface area contributed by atoms with Gasteiger partial charge in [-0.05, 0) is 86.3 Å². The lowest BCUT2D eigenvalue weighted by Crippen LogP contribution is -2.76. The second-order valence-electron chi connectivity index (χ2n) is 11.1. The molecule has 6 rings (SSSR count). The highest BCUT2D eigenvalue weighted by Crippen LogP contribution is 2.66. The second kappa shape index (κ2) is 7.85. The van der Waals surface area contributed by atoms with Crippen molar-refractivity contribution in [1.29, 1.82) is 0 Å². The summed E-state index contributed by atoms with van der Waals surface area (Å²) in [6.45, 7) is 7.97. The zero-order valence-corrected chi connectivity index (χ0v) is 22.0. The lowest BCUT2D eigenvalue weighted by Gasteiger charge is -2.70. The first kappa shape index (κ1) is 24.4. The topological polar surface area (TPSA) is 108 Å². The Morgan fingerprint density at radius 2 is 1.89 bits per heavy atom. The van der Waals surface area contributed by atoms with Crippen LogP contribution in [-0.4, -0.2) is 30.6 Å². The van der Waals surface area contributed by atoms with Gasteiger partial charge in [-0.2, -0.15) is 0 Å². The fraction of sp³-hybridized carbons (Fsp3) is 0.500. The molecule has 1 heterocycles. The smallest absolute Gasteiger partial charge is 0.263 e. The maximum atomic E-state index is 13.7. The average molecular weight is 518 g/mol. The fourth-order valence-electron chi connectivity index (χ4n) is 6.21. The van der Waals surface area contributed by atoms with E-state index in [1.54, 1.807) is 30.3 Å². The van der Waals surface area contributed by atoms with E-state index in [1.807, 2.05) is 13.8 Å². The summed E-state index contributed by atoms with van der Waals surface area (Å²) < 4.78 is 30.0. The molecule has 188 valence electrons. The number of aliphatic hydroxyl groups is 1. The van der Waals surface area contributed by atoms with E-state index < -0.39 is 21.2 Å². The predicted octanol–water partition coefficient (Wildman–Crippen LogP) is 5.08. The minimum atomic E-state index is -4.02. The molecule has 2 bridgehead atoms. The number of halogens is 1. The molecule has 3 unspecified atom stereocenters. The first-order chi connectivity index (χ1) is 16.3. The minimum absolute atomic E-state index is 0.0770. The van der Waals surface area contributed by atoms with Gasteiger partial charge in [-0.15, -0.1) is 0 Å². The maximum absolute atomic E-state index is 13.7. The summed E-state index contributed by atoms with van der Waals surface area (Å²) in [5.41, 5.74) is 0.910. The molecule has 3 aliphatic carbocycles. The third-order valence-electron chi connectivity index (χ3n) is 8.76. The number of fused-ring (bicyclic) bond motifs is 3. The van der Waals surface area contributed by atoms with Crippen molar-refractivity contribution >= 4 is 44.6 Å². The van der Waals surface area contributed by atoms with E-state index in [0.29, 0.717) is 53.7 Å². The van der Waals surface area contributed by atoms with Crippen LogP contribution in [0.3, 0.4) is 0 Å². The Morgan fingerprint density at radius 3 is 2.57 bits per heavy atom. The van der Waals surface area contributed by atoms with Gasteiger partial charge in [-0.1, -0.05) is 31.5 Å². The minimum Gasteiger partial charge on any atom is -0.387 e. The van der Waals surface area contributed by atoms with E-state index in [2.05, 4.69) is 29.2 Å². The number of sulfonamides is 1. The van der Waals surface area contributed by atoms with Gasteiger partial charge in [-0.3, -0.25) is 9.52 Å². The number of amides is 1. The molecule has 1 amide bonds. The van der Waals surface area contributed by atoms with Gasteiger partial charge in [-0.25, -0.2) is 8.42 Å². The number of rotatable bonds is 5. The van der Waals surface area contributed by atoms with Crippen LogP contribution in [0.25, 0.3) is 0 Å². The van der Waals surface area contributed by atoms with Crippen LogP contribution in [-0.2, 0) is 21.2 Å². The van der Waals surface area contributed by atoms with E-state index in [0.717, 1.165) is 17.5 Å². The Morgan fingerprint density at radius 1 is 1.14 bits per heavy atom. The average Bonchev–Trinajstić information content (AvgIpc) is 2.77. The van der Waals surface area contributed by atoms with Crippen LogP contribution in [0.15, 0.2) is 35.2 Å². The molecule has 4 aliphatic rings. The molecule has 7 nitrogen and oxygen atoms in total. The van der Waals surface area contributed by atoms with Crippen LogP contribution >= 0.6 is 11.6 Å². The van der Waals surface area contributed by atoms with Crippen LogP contribution in [0.5, 0.6) is 0 Å². The molecule has 35 heavy (non-hydrogen) atoms. The molecule has 0 radical (unpaired) electrons. The summed E-state index contributed by atoms with van der Waals surface area (Å²) >= 11 is 6.22. The predicted molar refractivity (Wildman–Crippen MR) is 138 cm³/mol. The maximum Gasteiger partial charge on any atom is 0.263 e. The standard InChI is InChI=1S/C26H32ClN3O4S/c1-15-5-7-18(12-19(15)27)30-35(33,34)22-11-16-6-8-23(31)28-20(16)13-21(22)29-25(4)10-9-17-14-26(25,32)24(17,2)3/h5,7,11-13,17,29-30,32H,6,8-10,14H2,1-4H3,(H,28,31). The van der Waals surface area contributed by atoms with Gasteiger partial charge in [0.05, 0.1) is 22.5 Å². The molecule has 3 fully saturated rings. The number of benzene rings is 2. The summed E-state index contributed by atoms with van der Waals surface area (Å²) in [6, 6.07) is 8.33. The van der Waals surface area contributed by atoms with E-state index in [-0.39, 0.29) is 16.2 Å². The summed E-state index contributed by atoms with van der Waals surface area (Å²) in [7, 11) is -4.02. The first-order valence-corrected chi connectivity index (χ1v) is 13.9. The lowest BCUT2D eigenvalue weighted by molar-refractivity contribution is -0.254. The Labute approximate surface area is 211 Å². The number of nitrogens with one attached hydrogen (secondary N) is 3. The van der Waals surface area contributed by atoms with Crippen molar-refractivity contribution in [3.05, 3.63) is 46.5 Å². The molecule has 2 aromatic carbocycles.